The highest BCUT2D eigenvalue weighted by atomic mass is 32.2. The average molecular weight is 203 g/mol. The lowest BCUT2D eigenvalue weighted by molar-refractivity contribution is 0.563. The van der Waals surface area contributed by atoms with E-state index >= 15 is 0 Å². The number of aromatic amines is 1. The van der Waals surface area contributed by atoms with Crippen LogP contribution < -0.4 is 10.5 Å². The van der Waals surface area contributed by atoms with Crippen molar-refractivity contribution in [2.45, 2.75) is 17.9 Å². The first-order valence-corrected chi connectivity index (χ1v) is 5.40. The topological polar surface area (TPSA) is 88.0 Å². The fraction of sp³-hybridized carbons (Fsp3) is 0.429. The van der Waals surface area contributed by atoms with Gasteiger partial charge in [-0.1, -0.05) is 0 Å². The minimum absolute atomic E-state index is 0.229. The van der Waals surface area contributed by atoms with Crippen molar-refractivity contribution in [2.24, 2.45) is 5.73 Å². The molecular weight excluding hydrogens is 190 g/mol. The summed E-state index contributed by atoms with van der Waals surface area (Å²) in [6.07, 6.45) is 2.98. The molecule has 1 heterocycles. The zero-order chi connectivity index (χ0) is 9.90. The predicted octanol–water partition coefficient (Wildman–Crippen LogP) is -0.360. The molecule has 0 saturated carbocycles. The normalized spacial score (nSPS) is 14.3. The van der Waals surface area contributed by atoms with E-state index in [-0.39, 0.29) is 17.5 Å². The molecule has 0 saturated heterocycles. The van der Waals surface area contributed by atoms with E-state index in [9.17, 15) is 8.42 Å². The molecule has 5 nitrogen and oxygen atoms in total. The van der Waals surface area contributed by atoms with Crippen LogP contribution in [-0.4, -0.2) is 26.0 Å². The molecule has 74 valence electrons. The Morgan fingerprint density at radius 3 is 2.85 bits per heavy atom. The first-order chi connectivity index (χ1) is 6.06. The number of sulfonamides is 1. The van der Waals surface area contributed by atoms with Gasteiger partial charge in [0, 0.05) is 25.0 Å². The Hall–Kier alpha value is -0.850. The zero-order valence-corrected chi connectivity index (χ0v) is 8.14. The Kier molecular flexibility index (Phi) is 3.07. The third-order valence-electron chi connectivity index (χ3n) is 1.59. The van der Waals surface area contributed by atoms with Gasteiger partial charge in [-0.25, -0.2) is 13.1 Å². The van der Waals surface area contributed by atoms with E-state index in [1.165, 1.54) is 12.3 Å². The van der Waals surface area contributed by atoms with Gasteiger partial charge in [0.15, 0.2) is 0 Å². The summed E-state index contributed by atoms with van der Waals surface area (Å²) < 4.78 is 25.4. The van der Waals surface area contributed by atoms with Gasteiger partial charge in [-0.2, -0.15) is 0 Å². The summed E-state index contributed by atoms with van der Waals surface area (Å²) >= 11 is 0. The quantitative estimate of drug-likeness (QED) is 0.624. The van der Waals surface area contributed by atoms with Crippen LogP contribution in [0.25, 0.3) is 0 Å². The number of hydrogen-bond donors (Lipinski definition) is 3. The largest absolute Gasteiger partial charge is 0.366 e. The maximum absolute atomic E-state index is 11.5. The Bertz CT molecular complexity index is 344. The van der Waals surface area contributed by atoms with E-state index in [0.29, 0.717) is 0 Å². The summed E-state index contributed by atoms with van der Waals surface area (Å²) in [6.45, 7) is 1.99. The second-order valence-electron chi connectivity index (χ2n) is 2.80. The van der Waals surface area contributed by atoms with Gasteiger partial charge in [-0.15, -0.1) is 0 Å². The van der Waals surface area contributed by atoms with E-state index in [1.54, 1.807) is 13.1 Å². The van der Waals surface area contributed by atoms with E-state index < -0.39 is 10.0 Å². The Balaban J connectivity index is 2.79. The highest BCUT2D eigenvalue weighted by Gasteiger charge is 2.16. The molecule has 1 aromatic rings. The third kappa shape index (κ3) is 2.55. The van der Waals surface area contributed by atoms with Gasteiger partial charge in [0.05, 0.1) is 4.90 Å². The maximum Gasteiger partial charge on any atom is 0.242 e. The van der Waals surface area contributed by atoms with Crippen LogP contribution in [0, 0.1) is 0 Å². The van der Waals surface area contributed by atoms with Crippen LogP contribution in [0.2, 0.25) is 0 Å². The molecular formula is C7H13N3O2S. The number of H-pyrrole nitrogens is 1. The number of rotatable bonds is 4. The van der Waals surface area contributed by atoms with Crippen molar-refractivity contribution in [1.82, 2.24) is 9.71 Å². The van der Waals surface area contributed by atoms with Gasteiger partial charge >= 0.3 is 0 Å². The van der Waals surface area contributed by atoms with Crippen molar-refractivity contribution in [2.75, 3.05) is 6.54 Å². The van der Waals surface area contributed by atoms with Crippen molar-refractivity contribution in [3.8, 4) is 0 Å². The van der Waals surface area contributed by atoms with E-state index in [1.807, 2.05) is 0 Å². The summed E-state index contributed by atoms with van der Waals surface area (Å²) in [5.74, 6) is 0. The standard InChI is InChI=1S/C7H13N3O2S/c1-6(4-8)10-13(11,12)7-2-3-9-5-7/h2-3,5-6,9-10H,4,8H2,1H3/t6-/m1/s1. The summed E-state index contributed by atoms with van der Waals surface area (Å²) in [5, 5.41) is 0. The fourth-order valence-electron chi connectivity index (χ4n) is 0.857. The summed E-state index contributed by atoms with van der Waals surface area (Å²) in [7, 11) is -3.39. The molecule has 0 aliphatic carbocycles. The zero-order valence-electron chi connectivity index (χ0n) is 7.32. The second-order valence-corrected chi connectivity index (χ2v) is 4.52. The molecule has 6 heteroatoms. The molecule has 0 aromatic carbocycles. The molecule has 0 amide bonds. The highest BCUT2D eigenvalue weighted by Crippen LogP contribution is 2.06. The Morgan fingerprint density at radius 1 is 1.69 bits per heavy atom. The molecule has 0 aliphatic heterocycles. The summed E-state index contributed by atoms with van der Waals surface area (Å²) in [4.78, 5) is 2.91. The molecule has 0 radical (unpaired) electrons. The van der Waals surface area contributed by atoms with E-state index in [2.05, 4.69) is 9.71 Å². The first-order valence-electron chi connectivity index (χ1n) is 3.91. The van der Waals surface area contributed by atoms with Gasteiger partial charge in [0.2, 0.25) is 10.0 Å². The second kappa shape index (κ2) is 3.91. The van der Waals surface area contributed by atoms with Gasteiger partial charge < -0.3 is 10.7 Å². The van der Waals surface area contributed by atoms with Gasteiger partial charge in [0.25, 0.3) is 0 Å². The monoisotopic (exact) mass is 203 g/mol. The Labute approximate surface area is 77.4 Å². The minimum Gasteiger partial charge on any atom is -0.366 e. The number of nitrogens with two attached hydrogens (primary N) is 1. The van der Waals surface area contributed by atoms with Crippen molar-refractivity contribution in [3.63, 3.8) is 0 Å². The van der Waals surface area contributed by atoms with Crippen LogP contribution in [0.5, 0.6) is 0 Å². The molecule has 0 spiro atoms. The summed E-state index contributed by atoms with van der Waals surface area (Å²) in [5.41, 5.74) is 5.30. The number of aromatic nitrogens is 1. The minimum atomic E-state index is -3.39. The van der Waals surface area contributed by atoms with Gasteiger partial charge in [0.1, 0.15) is 0 Å². The highest BCUT2D eigenvalue weighted by molar-refractivity contribution is 7.89. The predicted molar refractivity (Wildman–Crippen MR) is 49.6 cm³/mol. The van der Waals surface area contributed by atoms with Crippen molar-refractivity contribution < 1.29 is 8.42 Å². The molecule has 0 aliphatic rings. The molecule has 1 aromatic heterocycles. The molecule has 1 rings (SSSR count). The van der Waals surface area contributed by atoms with Gasteiger partial charge in [-0.3, -0.25) is 0 Å². The third-order valence-corrected chi connectivity index (χ3v) is 3.18. The van der Waals surface area contributed by atoms with Crippen LogP contribution in [0.4, 0.5) is 0 Å². The molecule has 0 fully saturated rings. The van der Waals surface area contributed by atoms with E-state index in [0.717, 1.165) is 0 Å². The van der Waals surface area contributed by atoms with Gasteiger partial charge in [-0.05, 0) is 13.0 Å². The van der Waals surface area contributed by atoms with Crippen molar-refractivity contribution >= 4 is 10.0 Å². The summed E-state index contributed by atoms with van der Waals surface area (Å²) in [6, 6.07) is 1.24. The molecule has 4 N–H and O–H groups in total. The lowest BCUT2D eigenvalue weighted by atomic mass is 10.4. The smallest absolute Gasteiger partial charge is 0.242 e. The molecule has 0 bridgehead atoms. The maximum atomic E-state index is 11.5. The van der Waals surface area contributed by atoms with Crippen LogP contribution in [-0.2, 0) is 10.0 Å². The van der Waals surface area contributed by atoms with Crippen molar-refractivity contribution in [1.29, 1.82) is 0 Å². The van der Waals surface area contributed by atoms with Crippen LogP contribution in [0.3, 0.4) is 0 Å². The lowest BCUT2D eigenvalue weighted by Crippen LogP contribution is -2.37. The first kappa shape index (κ1) is 10.2. The fourth-order valence-corrected chi connectivity index (χ4v) is 2.09. The van der Waals surface area contributed by atoms with Crippen LogP contribution in [0.15, 0.2) is 23.4 Å². The number of nitrogens with one attached hydrogen (secondary N) is 2. The number of hydrogen-bond acceptors (Lipinski definition) is 3. The van der Waals surface area contributed by atoms with Crippen molar-refractivity contribution in [3.05, 3.63) is 18.5 Å². The Morgan fingerprint density at radius 2 is 2.38 bits per heavy atom. The molecule has 13 heavy (non-hydrogen) atoms. The lowest BCUT2D eigenvalue weighted by Gasteiger charge is -2.10. The SMILES string of the molecule is C[C@H](CN)NS(=O)(=O)c1cc[nH]c1. The van der Waals surface area contributed by atoms with E-state index in [4.69, 9.17) is 5.73 Å². The average Bonchev–Trinajstić information content (AvgIpc) is 2.55. The molecule has 0 unspecified atom stereocenters. The van der Waals surface area contributed by atoms with Crippen LogP contribution in [0.1, 0.15) is 6.92 Å². The van der Waals surface area contributed by atoms with Crippen LogP contribution >= 0.6 is 0 Å². The molecule has 1 atom stereocenters.